The molecule has 0 fully saturated rings. The van der Waals surface area contributed by atoms with Crippen molar-refractivity contribution in [1.29, 1.82) is 0 Å². The van der Waals surface area contributed by atoms with Gasteiger partial charge in [0.2, 0.25) is 5.91 Å². The summed E-state index contributed by atoms with van der Waals surface area (Å²) in [6, 6.07) is 16.0. The number of amides is 1. The van der Waals surface area contributed by atoms with Crippen LogP contribution in [0.4, 0.5) is 5.69 Å². The number of anilines is 1. The van der Waals surface area contributed by atoms with Crippen LogP contribution in [-0.2, 0) is 10.5 Å². The summed E-state index contributed by atoms with van der Waals surface area (Å²) in [6.45, 7) is 1.99. The molecule has 3 nitrogen and oxygen atoms in total. The first-order valence-electron chi connectivity index (χ1n) is 7.25. The second-order valence-electron chi connectivity index (χ2n) is 5.04. The Kier molecular flexibility index (Phi) is 6.34. The number of hydrogen-bond donors (Lipinski definition) is 1. The van der Waals surface area contributed by atoms with E-state index in [0.717, 1.165) is 22.8 Å². The fourth-order valence-corrected chi connectivity index (χ4v) is 2.96. The molecule has 0 saturated carbocycles. The Labute approximate surface area is 136 Å². The van der Waals surface area contributed by atoms with Crippen LogP contribution in [0.15, 0.2) is 48.5 Å². The molecule has 0 spiro atoms. The molecule has 2 rings (SSSR count). The summed E-state index contributed by atoms with van der Waals surface area (Å²) in [7, 11) is 1.61. The molecule has 1 N–H and O–H groups in total. The summed E-state index contributed by atoms with van der Waals surface area (Å²) in [5, 5.41) is 2.92. The number of carbonyl (C=O) groups is 1. The lowest BCUT2D eigenvalue weighted by atomic mass is 10.2. The largest absolute Gasteiger partial charge is 0.495 e. The molecule has 0 aliphatic carbocycles. The summed E-state index contributed by atoms with van der Waals surface area (Å²) >= 11 is 1.77. The van der Waals surface area contributed by atoms with Crippen molar-refractivity contribution in [3.05, 3.63) is 59.7 Å². The van der Waals surface area contributed by atoms with Crippen molar-refractivity contribution < 1.29 is 9.53 Å². The number of methoxy groups -OCH3 is 1. The van der Waals surface area contributed by atoms with E-state index in [4.69, 9.17) is 4.74 Å². The highest BCUT2D eigenvalue weighted by atomic mass is 32.2. The minimum Gasteiger partial charge on any atom is -0.495 e. The molecule has 0 aliphatic rings. The van der Waals surface area contributed by atoms with Crippen molar-refractivity contribution in [2.45, 2.75) is 19.1 Å². The number of hydrogen-bond acceptors (Lipinski definition) is 3. The monoisotopic (exact) mass is 315 g/mol. The predicted octanol–water partition coefficient (Wildman–Crippen LogP) is 4.27. The van der Waals surface area contributed by atoms with Crippen molar-refractivity contribution in [1.82, 2.24) is 0 Å². The Morgan fingerprint density at radius 1 is 1.18 bits per heavy atom. The molecule has 0 heterocycles. The third-order valence-corrected chi connectivity index (χ3v) is 4.24. The molecule has 0 saturated heterocycles. The van der Waals surface area contributed by atoms with Gasteiger partial charge < -0.3 is 10.1 Å². The fraction of sp³-hybridized carbons (Fsp3) is 0.278. The van der Waals surface area contributed by atoms with Gasteiger partial charge >= 0.3 is 0 Å². The van der Waals surface area contributed by atoms with Crippen LogP contribution < -0.4 is 10.1 Å². The van der Waals surface area contributed by atoms with Gasteiger partial charge in [-0.1, -0.05) is 36.4 Å². The summed E-state index contributed by atoms with van der Waals surface area (Å²) in [5.74, 6) is 2.44. The zero-order chi connectivity index (χ0) is 15.8. The van der Waals surface area contributed by atoms with Gasteiger partial charge in [0.05, 0.1) is 12.8 Å². The minimum absolute atomic E-state index is 0.0180. The Morgan fingerprint density at radius 3 is 2.68 bits per heavy atom. The SMILES string of the molecule is COc1ccc(C)cc1NC(=O)CCSCc1ccccc1. The quantitative estimate of drug-likeness (QED) is 0.776. The molecule has 0 atom stereocenters. The molecule has 0 aliphatic heterocycles. The van der Waals surface area contributed by atoms with E-state index < -0.39 is 0 Å². The smallest absolute Gasteiger partial charge is 0.225 e. The van der Waals surface area contributed by atoms with Crippen LogP contribution in [0.3, 0.4) is 0 Å². The first-order chi connectivity index (χ1) is 10.7. The summed E-state index contributed by atoms with van der Waals surface area (Å²) < 4.78 is 5.26. The number of aryl methyl sites for hydroxylation is 1. The number of carbonyl (C=O) groups excluding carboxylic acids is 1. The number of nitrogens with one attached hydrogen (secondary N) is 1. The predicted molar refractivity (Wildman–Crippen MR) is 93.6 cm³/mol. The molecule has 4 heteroatoms. The van der Waals surface area contributed by atoms with E-state index in [1.165, 1.54) is 5.56 Å². The number of ether oxygens (including phenoxy) is 1. The standard InChI is InChI=1S/C18H21NO2S/c1-14-8-9-17(21-2)16(12-14)19-18(20)10-11-22-13-15-6-4-3-5-7-15/h3-9,12H,10-11,13H2,1-2H3,(H,19,20). The molecule has 116 valence electrons. The zero-order valence-electron chi connectivity index (χ0n) is 13.0. The highest BCUT2D eigenvalue weighted by Crippen LogP contribution is 2.25. The van der Waals surface area contributed by atoms with Crippen LogP contribution in [0.1, 0.15) is 17.5 Å². The maximum absolute atomic E-state index is 12.0. The first-order valence-corrected chi connectivity index (χ1v) is 8.40. The van der Waals surface area contributed by atoms with E-state index in [2.05, 4.69) is 17.4 Å². The molecular formula is C18H21NO2S. The zero-order valence-corrected chi connectivity index (χ0v) is 13.8. The Morgan fingerprint density at radius 2 is 1.95 bits per heavy atom. The van der Waals surface area contributed by atoms with Gasteiger partial charge in [0.25, 0.3) is 0 Å². The van der Waals surface area contributed by atoms with Crippen molar-refractivity contribution in [3.8, 4) is 5.75 Å². The third kappa shape index (κ3) is 5.11. The Bertz CT molecular complexity index is 614. The van der Waals surface area contributed by atoms with Crippen LogP contribution in [-0.4, -0.2) is 18.8 Å². The maximum Gasteiger partial charge on any atom is 0.225 e. The van der Waals surface area contributed by atoms with Crippen LogP contribution in [0, 0.1) is 6.92 Å². The number of thioether (sulfide) groups is 1. The number of benzene rings is 2. The van der Waals surface area contributed by atoms with Gasteiger partial charge in [0.1, 0.15) is 5.75 Å². The van der Waals surface area contributed by atoms with E-state index in [1.54, 1.807) is 18.9 Å². The van der Waals surface area contributed by atoms with Crippen molar-refractivity contribution >= 4 is 23.4 Å². The minimum atomic E-state index is 0.0180. The average molecular weight is 315 g/mol. The van der Waals surface area contributed by atoms with E-state index >= 15 is 0 Å². The summed E-state index contributed by atoms with van der Waals surface area (Å²) in [4.78, 5) is 12.0. The fourth-order valence-electron chi connectivity index (χ4n) is 2.06. The Balaban J connectivity index is 1.77. The normalized spacial score (nSPS) is 10.3. The molecular weight excluding hydrogens is 294 g/mol. The van der Waals surface area contributed by atoms with E-state index in [0.29, 0.717) is 12.2 Å². The van der Waals surface area contributed by atoms with Crippen LogP contribution in [0.25, 0.3) is 0 Å². The van der Waals surface area contributed by atoms with Gasteiger partial charge in [0.15, 0.2) is 0 Å². The second kappa shape index (κ2) is 8.49. The summed E-state index contributed by atoms with van der Waals surface area (Å²) in [5.41, 5.74) is 3.11. The van der Waals surface area contributed by atoms with E-state index in [9.17, 15) is 4.79 Å². The van der Waals surface area contributed by atoms with E-state index in [1.807, 2.05) is 43.3 Å². The van der Waals surface area contributed by atoms with Crippen molar-refractivity contribution in [2.75, 3.05) is 18.2 Å². The van der Waals surface area contributed by atoms with Gasteiger partial charge in [-0.05, 0) is 30.2 Å². The lowest BCUT2D eigenvalue weighted by Gasteiger charge is -2.11. The van der Waals surface area contributed by atoms with Crippen LogP contribution >= 0.6 is 11.8 Å². The summed E-state index contributed by atoms with van der Waals surface area (Å²) in [6.07, 6.45) is 0.495. The third-order valence-electron chi connectivity index (χ3n) is 3.21. The molecule has 22 heavy (non-hydrogen) atoms. The lowest BCUT2D eigenvalue weighted by molar-refractivity contribution is -0.115. The van der Waals surface area contributed by atoms with Crippen LogP contribution in [0.2, 0.25) is 0 Å². The van der Waals surface area contributed by atoms with Crippen molar-refractivity contribution in [2.24, 2.45) is 0 Å². The average Bonchev–Trinajstić information content (AvgIpc) is 2.53. The molecule has 2 aromatic rings. The van der Waals surface area contributed by atoms with Gasteiger partial charge in [-0.25, -0.2) is 0 Å². The number of rotatable bonds is 7. The van der Waals surface area contributed by atoms with Gasteiger partial charge in [-0.15, -0.1) is 0 Å². The molecule has 0 bridgehead atoms. The van der Waals surface area contributed by atoms with Gasteiger partial charge in [-0.2, -0.15) is 11.8 Å². The molecule has 1 amide bonds. The van der Waals surface area contributed by atoms with Crippen molar-refractivity contribution in [3.63, 3.8) is 0 Å². The van der Waals surface area contributed by atoms with Gasteiger partial charge in [0, 0.05) is 17.9 Å². The topological polar surface area (TPSA) is 38.3 Å². The maximum atomic E-state index is 12.0. The van der Waals surface area contributed by atoms with Gasteiger partial charge in [-0.3, -0.25) is 4.79 Å². The molecule has 2 aromatic carbocycles. The van der Waals surface area contributed by atoms with Crippen LogP contribution in [0.5, 0.6) is 5.75 Å². The highest BCUT2D eigenvalue weighted by Gasteiger charge is 2.07. The van der Waals surface area contributed by atoms with E-state index in [-0.39, 0.29) is 5.91 Å². The highest BCUT2D eigenvalue weighted by molar-refractivity contribution is 7.98. The Hall–Kier alpha value is -1.94. The lowest BCUT2D eigenvalue weighted by Crippen LogP contribution is -2.13. The first kappa shape index (κ1) is 16.4. The molecule has 0 unspecified atom stereocenters. The molecule has 0 aromatic heterocycles. The second-order valence-corrected chi connectivity index (χ2v) is 6.15. The molecule has 0 radical (unpaired) electrons.